The van der Waals surface area contributed by atoms with Crippen molar-refractivity contribution in [2.24, 2.45) is 7.05 Å². The summed E-state index contributed by atoms with van der Waals surface area (Å²) in [6, 6.07) is 6.53. The van der Waals surface area contributed by atoms with E-state index in [1.54, 1.807) is 0 Å². The van der Waals surface area contributed by atoms with Crippen molar-refractivity contribution < 1.29 is 0 Å². The van der Waals surface area contributed by atoms with E-state index in [0.29, 0.717) is 0 Å². The van der Waals surface area contributed by atoms with Crippen LogP contribution in [0.2, 0.25) is 0 Å². The van der Waals surface area contributed by atoms with Crippen molar-refractivity contribution in [2.75, 3.05) is 7.05 Å². The Morgan fingerprint density at radius 2 is 2.05 bits per heavy atom. The van der Waals surface area contributed by atoms with Crippen LogP contribution in [0.15, 0.2) is 22.7 Å². The number of hydrogen-bond donors (Lipinski definition) is 1. The standard InChI is InChI=1S/C15H20BrN3/c1-10-5-6-12(7-13(10)16)8-14-11(2)18-15(9-17-3)19(14)4/h5-7,17H,8-9H2,1-4H3. The molecule has 2 aromatic rings. The SMILES string of the molecule is CNCc1nc(C)c(Cc2ccc(C)c(Br)c2)n1C. The number of hydrogen-bond acceptors (Lipinski definition) is 2. The van der Waals surface area contributed by atoms with Gasteiger partial charge in [0.1, 0.15) is 5.82 Å². The molecule has 0 aliphatic carbocycles. The van der Waals surface area contributed by atoms with Crippen LogP contribution in [0.4, 0.5) is 0 Å². The van der Waals surface area contributed by atoms with E-state index in [-0.39, 0.29) is 0 Å². The molecular formula is C15H20BrN3. The molecule has 0 aliphatic rings. The van der Waals surface area contributed by atoms with Crippen molar-refractivity contribution in [1.29, 1.82) is 0 Å². The summed E-state index contributed by atoms with van der Waals surface area (Å²) in [5.41, 5.74) is 4.96. The predicted molar refractivity (Wildman–Crippen MR) is 82.4 cm³/mol. The molecule has 2 rings (SSSR count). The van der Waals surface area contributed by atoms with E-state index < -0.39 is 0 Å². The smallest absolute Gasteiger partial charge is 0.122 e. The molecule has 0 bridgehead atoms. The first-order valence-electron chi connectivity index (χ1n) is 6.43. The molecule has 102 valence electrons. The summed E-state index contributed by atoms with van der Waals surface area (Å²) in [4.78, 5) is 4.62. The van der Waals surface area contributed by atoms with Crippen molar-refractivity contribution in [2.45, 2.75) is 26.8 Å². The van der Waals surface area contributed by atoms with Gasteiger partial charge in [0.15, 0.2) is 0 Å². The highest BCUT2D eigenvalue weighted by atomic mass is 79.9. The molecule has 0 radical (unpaired) electrons. The van der Waals surface area contributed by atoms with Crippen molar-refractivity contribution in [3.8, 4) is 0 Å². The highest BCUT2D eigenvalue weighted by molar-refractivity contribution is 9.10. The lowest BCUT2D eigenvalue weighted by Crippen LogP contribution is -2.11. The summed E-state index contributed by atoms with van der Waals surface area (Å²) in [7, 11) is 4.03. The molecule has 0 atom stereocenters. The molecule has 4 heteroatoms. The summed E-state index contributed by atoms with van der Waals surface area (Å²) in [6.45, 7) is 4.99. The second-order valence-corrected chi connectivity index (χ2v) is 5.76. The van der Waals surface area contributed by atoms with E-state index in [0.717, 1.165) is 24.5 Å². The number of rotatable bonds is 4. The second-order valence-electron chi connectivity index (χ2n) is 4.91. The zero-order chi connectivity index (χ0) is 14.0. The fraction of sp³-hybridized carbons (Fsp3) is 0.400. The van der Waals surface area contributed by atoms with Crippen molar-refractivity contribution >= 4 is 15.9 Å². The van der Waals surface area contributed by atoms with Gasteiger partial charge in [-0.05, 0) is 38.1 Å². The quantitative estimate of drug-likeness (QED) is 0.937. The molecule has 1 N–H and O–H groups in total. The molecule has 3 nitrogen and oxygen atoms in total. The number of nitrogens with zero attached hydrogens (tertiary/aromatic N) is 2. The molecule has 0 fully saturated rings. The highest BCUT2D eigenvalue weighted by Gasteiger charge is 2.11. The van der Waals surface area contributed by atoms with Crippen LogP contribution in [0.1, 0.15) is 28.3 Å². The van der Waals surface area contributed by atoms with E-state index >= 15 is 0 Å². The Morgan fingerprint density at radius 3 is 2.68 bits per heavy atom. The summed E-state index contributed by atoms with van der Waals surface area (Å²) in [5, 5.41) is 3.15. The van der Waals surface area contributed by atoms with E-state index in [1.165, 1.54) is 21.3 Å². The number of nitrogens with one attached hydrogen (secondary N) is 1. The Hall–Kier alpha value is -1.13. The number of halogens is 1. The Labute approximate surface area is 123 Å². The summed E-state index contributed by atoms with van der Waals surface area (Å²) < 4.78 is 3.36. The average Bonchev–Trinajstić information content (AvgIpc) is 2.62. The maximum Gasteiger partial charge on any atom is 0.122 e. The minimum absolute atomic E-state index is 0.801. The van der Waals surface area contributed by atoms with E-state index in [1.807, 2.05) is 7.05 Å². The third-order valence-corrected chi connectivity index (χ3v) is 4.30. The summed E-state index contributed by atoms with van der Waals surface area (Å²) in [5.74, 6) is 1.08. The molecule has 19 heavy (non-hydrogen) atoms. The van der Waals surface area contributed by atoms with Gasteiger partial charge >= 0.3 is 0 Å². The number of aryl methyl sites for hydroxylation is 2. The molecule has 0 spiro atoms. The first-order chi connectivity index (χ1) is 9.02. The largest absolute Gasteiger partial charge is 0.333 e. The molecular weight excluding hydrogens is 302 g/mol. The lowest BCUT2D eigenvalue weighted by Gasteiger charge is -2.08. The molecule has 1 aromatic carbocycles. The van der Waals surface area contributed by atoms with Crippen LogP contribution in [0.25, 0.3) is 0 Å². The highest BCUT2D eigenvalue weighted by Crippen LogP contribution is 2.21. The van der Waals surface area contributed by atoms with Gasteiger partial charge < -0.3 is 9.88 Å². The predicted octanol–water partition coefficient (Wildman–Crippen LogP) is 3.11. The first-order valence-corrected chi connectivity index (χ1v) is 7.23. The molecule has 0 unspecified atom stereocenters. The number of benzene rings is 1. The van der Waals surface area contributed by atoms with Crippen LogP contribution in [0, 0.1) is 13.8 Å². The average molecular weight is 322 g/mol. The molecule has 0 saturated heterocycles. The van der Waals surface area contributed by atoms with Crippen LogP contribution >= 0.6 is 15.9 Å². The molecule has 0 amide bonds. The van der Waals surface area contributed by atoms with Crippen molar-refractivity contribution in [1.82, 2.24) is 14.9 Å². The van der Waals surface area contributed by atoms with Gasteiger partial charge in [-0.2, -0.15) is 0 Å². The first kappa shape index (κ1) is 14.3. The zero-order valence-electron chi connectivity index (χ0n) is 11.9. The van der Waals surface area contributed by atoms with E-state index in [9.17, 15) is 0 Å². The molecule has 0 saturated carbocycles. The van der Waals surface area contributed by atoms with E-state index in [4.69, 9.17) is 0 Å². The Bertz CT molecular complexity index is 587. The Balaban J connectivity index is 2.30. The van der Waals surface area contributed by atoms with Gasteiger partial charge in [-0.3, -0.25) is 0 Å². The fourth-order valence-corrected chi connectivity index (χ4v) is 2.66. The maximum absolute atomic E-state index is 4.62. The maximum atomic E-state index is 4.62. The van der Waals surface area contributed by atoms with Crippen LogP contribution in [0.3, 0.4) is 0 Å². The van der Waals surface area contributed by atoms with Gasteiger partial charge in [0.25, 0.3) is 0 Å². The van der Waals surface area contributed by atoms with Crippen LogP contribution in [-0.2, 0) is 20.0 Å². The van der Waals surface area contributed by atoms with Gasteiger partial charge in [-0.25, -0.2) is 4.98 Å². The topological polar surface area (TPSA) is 29.9 Å². The minimum Gasteiger partial charge on any atom is -0.333 e. The zero-order valence-corrected chi connectivity index (χ0v) is 13.5. The Morgan fingerprint density at radius 1 is 1.32 bits per heavy atom. The molecule has 1 heterocycles. The summed E-state index contributed by atoms with van der Waals surface area (Å²) >= 11 is 3.59. The third-order valence-electron chi connectivity index (χ3n) is 3.45. The van der Waals surface area contributed by atoms with E-state index in [2.05, 4.69) is 69.9 Å². The Kier molecular flexibility index (Phi) is 4.42. The van der Waals surface area contributed by atoms with Crippen LogP contribution < -0.4 is 5.32 Å². The summed E-state index contributed by atoms with van der Waals surface area (Å²) in [6.07, 6.45) is 0.915. The van der Waals surface area contributed by atoms with Gasteiger partial charge in [-0.15, -0.1) is 0 Å². The number of imidazole rings is 1. The van der Waals surface area contributed by atoms with Gasteiger partial charge in [0, 0.05) is 23.6 Å². The lowest BCUT2D eigenvalue weighted by molar-refractivity contribution is 0.695. The van der Waals surface area contributed by atoms with Crippen LogP contribution in [-0.4, -0.2) is 16.6 Å². The van der Waals surface area contributed by atoms with Gasteiger partial charge in [-0.1, -0.05) is 28.1 Å². The van der Waals surface area contributed by atoms with Crippen LogP contribution in [0.5, 0.6) is 0 Å². The van der Waals surface area contributed by atoms with Crippen molar-refractivity contribution in [3.63, 3.8) is 0 Å². The lowest BCUT2D eigenvalue weighted by atomic mass is 10.1. The number of aromatic nitrogens is 2. The fourth-order valence-electron chi connectivity index (χ4n) is 2.23. The second kappa shape index (κ2) is 5.88. The van der Waals surface area contributed by atoms with Gasteiger partial charge in [0.2, 0.25) is 0 Å². The molecule has 0 aliphatic heterocycles. The van der Waals surface area contributed by atoms with Crippen molar-refractivity contribution in [3.05, 3.63) is 51.0 Å². The third kappa shape index (κ3) is 3.07. The molecule has 1 aromatic heterocycles. The monoisotopic (exact) mass is 321 g/mol. The normalized spacial score (nSPS) is 11.0. The van der Waals surface area contributed by atoms with Gasteiger partial charge in [0.05, 0.1) is 12.2 Å². The minimum atomic E-state index is 0.801.